The number of para-hydroxylation sites is 1. The van der Waals surface area contributed by atoms with Gasteiger partial charge in [0.15, 0.2) is 0 Å². The van der Waals surface area contributed by atoms with Gasteiger partial charge in [0, 0.05) is 31.1 Å². The van der Waals surface area contributed by atoms with Crippen molar-refractivity contribution in [3.63, 3.8) is 0 Å². The first-order chi connectivity index (χ1) is 13.4. The van der Waals surface area contributed by atoms with E-state index in [2.05, 4.69) is 15.3 Å². The van der Waals surface area contributed by atoms with Crippen molar-refractivity contribution in [1.82, 2.24) is 9.97 Å². The first-order valence-corrected chi connectivity index (χ1v) is 8.31. The van der Waals surface area contributed by atoms with Crippen molar-refractivity contribution in [3.8, 4) is 0 Å². The minimum absolute atomic E-state index is 0.0154. The molecule has 10 heteroatoms. The van der Waals surface area contributed by atoms with Gasteiger partial charge in [-0.05, 0) is 29.8 Å². The summed E-state index contributed by atoms with van der Waals surface area (Å²) in [5, 5.41) is 13.4. The van der Waals surface area contributed by atoms with Gasteiger partial charge in [0.1, 0.15) is 17.2 Å². The lowest BCUT2D eigenvalue weighted by molar-refractivity contribution is -0.384. The van der Waals surface area contributed by atoms with Gasteiger partial charge in [-0.15, -0.1) is 0 Å². The number of carbonyl (C=O) groups is 1. The van der Waals surface area contributed by atoms with E-state index in [1.807, 2.05) is 6.07 Å². The molecule has 1 N–H and O–H groups in total. The number of carbonyl (C=O) groups excluding carboxylic acids is 1. The minimum atomic E-state index is -0.754. The number of anilines is 3. The maximum absolute atomic E-state index is 14.1. The van der Waals surface area contributed by atoms with Crippen LogP contribution in [-0.4, -0.2) is 27.8 Å². The normalized spacial score (nSPS) is 10.4. The molecule has 0 aliphatic carbocycles. The summed E-state index contributed by atoms with van der Waals surface area (Å²) in [7, 11) is 1.56. The summed E-state index contributed by atoms with van der Waals surface area (Å²) < 4.78 is 14.1. The van der Waals surface area contributed by atoms with Crippen LogP contribution < -0.4 is 10.2 Å². The van der Waals surface area contributed by atoms with Crippen LogP contribution in [0.2, 0.25) is 5.28 Å². The molecule has 0 saturated carbocycles. The van der Waals surface area contributed by atoms with E-state index in [0.29, 0.717) is 5.69 Å². The number of benzene rings is 2. The topological polar surface area (TPSA) is 101 Å². The monoisotopic (exact) mass is 401 g/mol. The molecular formula is C18H13ClFN5O3. The number of amides is 1. The third-order valence-corrected chi connectivity index (χ3v) is 4.03. The van der Waals surface area contributed by atoms with Crippen molar-refractivity contribution in [3.05, 3.63) is 81.5 Å². The molecule has 0 atom stereocenters. The molecule has 0 saturated heterocycles. The van der Waals surface area contributed by atoms with Gasteiger partial charge in [-0.2, -0.15) is 4.98 Å². The highest BCUT2D eigenvalue weighted by molar-refractivity contribution is 6.28. The summed E-state index contributed by atoms with van der Waals surface area (Å²) >= 11 is 5.82. The molecule has 3 aromatic rings. The Morgan fingerprint density at radius 2 is 1.96 bits per heavy atom. The fraction of sp³-hybridized carbons (Fsp3) is 0.0556. The van der Waals surface area contributed by atoms with Gasteiger partial charge >= 0.3 is 0 Å². The van der Waals surface area contributed by atoms with Crippen LogP contribution >= 0.6 is 11.6 Å². The van der Waals surface area contributed by atoms with E-state index in [1.165, 1.54) is 11.1 Å². The standard InChI is InChI=1S/C18H13ClFN5O3/c1-24(11-5-3-2-4-6-11)17(26)13-10-21-18(19)23-16(13)22-15-9-12(25(27)28)7-8-14(15)20/h2-10H,1H3,(H,21,22,23). The summed E-state index contributed by atoms with van der Waals surface area (Å²) in [5.41, 5.74) is 0.0929. The Kier molecular flexibility index (Phi) is 5.46. The average Bonchev–Trinajstić information content (AvgIpc) is 2.69. The van der Waals surface area contributed by atoms with Crippen LogP contribution in [0.25, 0.3) is 0 Å². The minimum Gasteiger partial charge on any atom is -0.337 e. The molecule has 0 spiro atoms. The zero-order chi connectivity index (χ0) is 20.3. The Balaban J connectivity index is 1.99. The second-order valence-electron chi connectivity index (χ2n) is 5.65. The number of aromatic nitrogens is 2. The van der Waals surface area contributed by atoms with E-state index in [1.54, 1.807) is 31.3 Å². The van der Waals surface area contributed by atoms with Crippen LogP contribution in [-0.2, 0) is 0 Å². The molecule has 0 radical (unpaired) electrons. The maximum atomic E-state index is 14.1. The van der Waals surface area contributed by atoms with Gasteiger partial charge in [0.05, 0.1) is 10.6 Å². The van der Waals surface area contributed by atoms with E-state index >= 15 is 0 Å². The molecule has 3 rings (SSSR count). The lowest BCUT2D eigenvalue weighted by Crippen LogP contribution is -2.27. The van der Waals surface area contributed by atoms with E-state index in [4.69, 9.17) is 11.6 Å². The van der Waals surface area contributed by atoms with Crippen LogP contribution in [0.4, 0.5) is 27.3 Å². The first kappa shape index (κ1) is 19.2. The van der Waals surface area contributed by atoms with Crippen molar-refractivity contribution in [2.75, 3.05) is 17.3 Å². The third-order valence-electron chi connectivity index (χ3n) is 3.85. The van der Waals surface area contributed by atoms with Crippen molar-refractivity contribution in [1.29, 1.82) is 0 Å². The lowest BCUT2D eigenvalue weighted by Gasteiger charge is -2.19. The van der Waals surface area contributed by atoms with Gasteiger partial charge in [0.2, 0.25) is 5.28 Å². The molecular weight excluding hydrogens is 389 g/mol. The van der Waals surface area contributed by atoms with Gasteiger partial charge < -0.3 is 10.2 Å². The van der Waals surface area contributed by atoms with Crippen LogP contribution in [0, 0.1) is 15.9 Å². The summed E-state index contributed by atoms with van der Waals surface area (Å²) in [5.74, 6) is -1.31. The number of halogens is 2. The summed E-state index contributed by atoms with van der Waals surface area (Å²) in [6.45, 7) is 0. The molecule has 0 aliphatic heterocycles. The summed E-state index contributed by atoms with van der Waals surface area (Å²) in [4.78, 5) is 32.3. The molecule has 1 amide bonds. The largest absolute Gasteiger partial charge is 0.337 e. The number of nitro groups is 1. The fourth-order valence-corrected chi connectivity index (χ4v) is 2.55. The Morgan fingerprint density at radius 1 is 1.25 bits per heavy atom. The number of rotatable bonds is 5. The first-order valence-electron chi connectivity index (χ1n) is 7.93. The molecule has 0 aliphatic rings. The van der Waals surface area contributed by atoms with E-state index < -0.39 is 16.6 Å². The van der Waals surface area contributed by atoms with E-state index in [0.717, 1.165) is 18.2 Å². The Morgan fingerprint density at radius 3 is 2.64 bits per heavy atom. The van der Waals surface area contributed by atoms with Crippen molar-refractivity contribution in [2.24, 2.45) is 0 Å². The number of nitro benzene ring substituents is 1. The van der Waals surface area contributed by atoms with Crippen molar-refractivity contribution >= 4 is 40.4 Å². The SMILES string of the molecule is CN(C(=O)c1cnc(Cl)nc1Nc1cc([N+](=O)[O-])ccc1F)c1ccccc1. The highest BCUT2D eigenvalue weighted by Gasteiger charge is 2.21. The predicted octanol–water partition coefficient (Wildman–Crippen LogP) is 4.20. The van der Waals surface area contributed by atoms with Crippen LogP contribution in [0.15, 0.2) is 54.7 Å². The third kappa shape index (κ3) is 4.04. The number of hydrogen-bond acceptors (Lipinski definition) is 6. The molecule has 0 unspecified atom stereocenters. The zero-order valence-electron chi connectivity index (χ0n) is 14.5. The Hall–Kier alpha value is -3.59. The second kappa shape index (κ2) is 7.97. The second-order valence-corrected chi connectivity index (χ2v) is 5.99. The molecule has 8 nitrogen and oxygen atoms in total. The molecule has 0 fully saturated rings. The van der Waals surface area contributed by atoms with E-state index in [-0.39, 0.29) is 28.0 Å². The van der Waals surface area contributed by atoms with Gasteiger partial charge in [0.25, 0.3) is 11.6 Å². The predicted molar refractivity (Wildman–Crippen MR) is 103 cm³/mol. The number of hydrogen-bond donors (Lipinski definition) is 1. The zero-order valence-corrected chi connectivity index (χ0v) is 15.2. The average molecular weight is 402 g/mol. The van der Waals surface area contributed by atoms with Crippen molar-refractivity contribution < 1.29 is 14.1 Å². The van der Waals surface area contributed by atoms with Gasteiger partial charge in [-0.25, -0.2) is 9.37 Å². The smallest absolute Gasteiger partial charge is 0.271 e. The van der Waals surface area contributed by atoms with Crippen LogP contribution in [0.3, 0.4) is 0 Å². The maximum Gasteiger partial charge on any atom is 0.271 e. The molecule has 142 valence electrons. The van der Waals surface area contributed by atoms with Gasteiger partial charge in [-0.1, -0.05) is 18.2 Å². The summed E-state index contributed by atoms with van der Waals surface area (Å²) in [6.07, 6.45) is 1.20. The van der Waals surface area contributed by atoms with E-state index in [9.17, 15) is 19.3 Å². The van der Waals surface area contributed by atoms with Crippen LogP contribution in [0.1, 0.15) is 10.4 Å². The Labute approximate surface area is 163 Å². The van der Waals surface area contributed by atoms with Crippen LogP contribution in [0.5, 0.6) is 0 Å². The Bertz CT molecular complexity index is 1050. The lowest BCUT2D eigenvalue weighted by atomic mass is 10.2. The molecule has 1 heterocycles. The quantitative estimate of drug-likeness (QED) is 0.390. The summed E-state index contributed by atoms with van der Waals surface area (Å²) in [6, 6.07) is 11.8. The van der Waals surface area contributed by atoms with Gasteiger partial charge in [-0.3, -0.25) is 14.9 Å². The molecule has 2 aromatic carbocycles. The fourth-order valence-electron chi connectivity index (χ4n) is 2.41. The van der Waals surface area contributed by atoms with Crippen molar-refractivity contribution in [2.45, 2.75) is 0 Å². The molecule has 1 aromatic heterocycles. The highest BCUT2D eigenvalue weighted by atomic mass is 35.5. The number of nitrogens with one attached hydrogen (secondary N) is 1. The highest BCUT2D eigenvalue weighted by Crippen LogP contribution is 2.27. The molecule has 28 heavy (non-hydrogen) atoms. The number of nitrogens with zero attached hydrogens (tertiary/aromatic N) is 4. The number of non-ortho nitro benzene ring substituents is 1. The molecule has 0 bridgehead atoms.